The van der Waals surface area contributed by atoms with Crippen molar-refractivity contribution in [2.75, 3.05) is 26.1 Å². The first-order valence-electron chi connectivity index (χ1n) is 10.4. The summed E-state index contributed by atoms with van der Waals surface area (Å²) in [6.07, 6.45) is 0. The Bertz CT molecular complexity index is 1610. The Morgan fingerprint density at radius 2 is 1.48 bits per heavy atom. The van der Waals surface area contributed by atoms with Gasteiger partial charge >= 0.3 is 11.3 Å². The maximum atomic E-state index is 12.8. The van der Waals surface area contributed by atoms with Gasteiger partial charge in [-0.05, 0) is 59.2 Å². The van der Waals surface area contributed by atoms with Gasteiger partial charge in [0.1, 0.15) is 16.9 Å². The highest BCUT2D eigenvalue weighted by Crippen LogP contribution is 2.32. The van der Waals surface area contributed by atoms with Gasteiger partial charge in [0.15, 0.2) is 0 Å². The van der Waals surface area contributed by atoms with Crippen LogP contribution in [0.25, 0.3) is 44.2 Å². The summed E-state index contributed by atoms with van der Waals surface area (Å²) in [6.45, 7) is 0. The van der Waals surface area contributed by atoms with Gasteiger partial charge in [0, 0.05) is 42.7 Å². The first kappa shape index (κ1) is 20.6. The van der Waals surface area contributed by atoms with Crippen LogP contribution >= 0.6 is 0 Å². The number of hydrogen-bond acceptors (Lipinski definition) is 6. The van der Waals surface area contributed by atoms with Crippen LogP contribution in [0.1, 0.15) is 0 Å². The summed E-state index contributed by atoms with van der Waals surface area (Å²) in [5.74, 6) is 0.615. The SMILES string of the molecule is COc1ccc2cc(-c3ccc4oc(=O)cc(-c5ccc(N(C)C)cc5)c4c3)c(=O)oc2c1. The molecule has 5 aromatic rings. The van der Waals surface area contributed by atoms with Crippen LogP contribution in [0.5, 0.6) is 5.75 Å². The molecule has 0 unspecified atom stereocenters. The zero-order valence-corrected chi connectivity index (χ0v) is 18.4. The van der Waals surface area contributed by atoms with E-state index in [0.717, 1.165) is 27.6 Å². The summed E-state index contributed by atoms with van der Waals surface area (Å²) in [4.78, 5) is 27.0. The lowest BCUT2D eigenvalue weighted by Crippen LogP contribution is -2.08. The largest absolute Gasteiger partial charge is 0.497 e. The van der Waals surface area contributed by atoms with Gasteiger partial charge in [-0.15, -0.1) is 0 Å². The Balaban J connectivity index is 1.69. The highest BCUT2D eigenvalue weighted by molar-refractivity contribution is 5.96. The lowest BCUT2D eigenvalue weighted by Gasteiger charge is -2.13. The first-order valence-corrected chi connectivity index (χ1v) is 10.4. The number of ether oxygens (including phenoxy) is 1. The van der Waals surface area contributed by atoms with Crippen molar-refractivity contribution < 1.29 is 13.6 Å². The fraction of sp³-hybridized carbons (Fsp3) is 0.111. The minimum Gasteiger partial charge on any atom is -0.497 e. The minimum atomic E-state index is -0.454. The van der Waals surface area contributed by atoms with Gasteiger partial charge in [0.25, 0.3) is 0 Å². The monoisotopic (exact) mass is 439 g/mol. The standard InChI is InChI=1S/C27H21NO5/c1-28(2)19-8-4-16(5-9-19)21-15-26(29)32-24-11-7-17(12-23(21)24)22-13-18-6-10-20(31-3)14-25(18)33-27(22)30/h4-15H,1-3H3. The number of nitrogens with zero attached hydrogens (tertiary/aromatic N) is 1. The Morgan fingerprint density at radius 1 is 0.727 bits per heavy atom. The van der Waals surface area contributed by atoms with E-state index in [1.807, 2.05) is 61.5 Å². The highest BCUT2D eigenvalue weighted by Gasteiger charge is 2.13. The average Bonchev–Trinajstić information content (AvgIpc) is 2.82. The summed E-state index contributed by atoms with van der Waals surface area (Å²) in [7, 11) is 5.50. The van der Waals surface area contributed by atoms with Crippen LogP contribution in [0, 0.1) is 0 Å². The number of methoxy groups -OCH3 is 1. The zero-order valence-electron chi connectivity index (χ0n) is 18.4. The first-order chi connectivity index (χ1) is 15.9. The van der Waals surface area contributed by atoms with Gasteiger partial charge in [0.05, 0.1) is 12.7 Å². The van der Waals surface area contributed by atoms with Crippen molar-refractivity contribution >= 4 is 27.6 Å². The van der Waals surface area contributed by atoms with Crippen LogP contribution in [-0.4, -0.2) is 21.2 Å². The maximum Gasteiger partial charge on any atom is 0.344 e. The van der Waals surface area contributed by atoms with E-state index in [-0.39, 0.29) is 0 Å². The van der Waals surface area contributed by atoms with Gasteiger partial charge < -0.3 is 18.5 Å². The van der Waals surface area contributed by atoms with Crippen molar-refractivity contribution in [2.45, 2.75) is 0 Å². The molecular formula is C27H21NO5. The number of fused-ring (bicyclic) bond motifs is 2. The van der Waals surface area contributed by atoms with E-state index in [1.54, 1.807) is 31.4 Å². The molecule has 0 aliphatic heterocycles. The fourth-order valence-electron chi connectivity index (χ4n) is 3.93. The fourth-order valence-corrected chi connectivity index (χ4v) is 3.93. The molecular weight excluding hydrogens is 418 g/mol. The van der Waals surface area contributed by atoms with Crippen LogP contribution in [0.15, 0.2) is 91.2 Å². The summed E-state index contributed by atoms with van der Waals surface area (Å²) in [5.41, 5.74) is 3.80. The van der Waals surface area contributed by atoms with Crippen LogP contribution in [-0.2, 0) is 0 Å². The number of rotatable bonds is 4. The van der Waals surface area contributed by atoms with Crippen molar-refractivity contribution in [3.05, 3.63) is 93.6 Å². The van der Waals surface area contributed by atoms with E-state index in [0.29, 0.717) is 28.0 Å². The van der Waals surface area contributed by atoms with E-state index < -0.39 is 11.3 Å². The normalized spacial score (nSPS) is 11.1. The van der Waals surface area contributed by atoms with Crippen LogP contribution < -0.4 is 20.9 Å². The number of benzene rings is 3. The number of anilines is 1. The number of hydrogen-bond donors (Lipinski definition) is 0. The predicted octanol–water partition coefficient (Wildman–Crippen LogP) is 5.31. The third-order valence-electron chi connectivity index (χ3n) is 5.69. The van der Waals surface area contributed by atoms with E-state index in [2.05, 4.69) is 0 Å². The van der Waals surface area contributed by atoms with Gasteiger partial charge in [0.2, 0.25) is 0 Å². The van der Waals surface area contributed by atoms with E-state index in [9.17, 15) is 9.59 Å². The van der Waals surface area contributed by atoms with Crippen LogP contribution in [0.3, 0.4) is 0 Å². The minimum absolute atomic E-state index is 0.426. The molecule has 0 saturated heterocycles. The molecule has 6 nitrogen and oxygen atoms in total. The van der Waals surface area contributed by atoms with E-state index in [1.165, 1.54) is 6.07 Å². The van der Waals surface area contributed by atoms with Crippen molar-refractivity contribution in [3.8, 4) is 28.0 Å². The van der Waals surface area contributed by atoms with Gasteiger partial charge in [-0.2, -0.15) is 0 Å². The Hall–Kier alpha value is -4.32. The second-order valence-corrected chi connectivity index (χ2v) is 7.98. The highest BCUT2D eigenvalue weighted by atomic mass is 16.5. The second kappa shape index (κ2) is 7.98. The molecule has 0 radical (unpaired) electrons. The van der Waals surface area contributed by atoms with E-state index >= 15 is 0 Å². The molecule has 0 fully saturated rings. The van der Waals surface area contributed by atoms with Gasteiger partial charge in [-0.25, -0.2) is 9.59 Å². The molecule has 3 aromatic carbocycles. The zero-order chi connectivity index (χ0) is 23.1. The molecule has 0 saturated carbocycles. The molecule has 0 aliphatic carbocycles. The van der Waals surface area contributed by atoms with E-state index in [4.69, 9.17) is 13.6 Å². The molecule has 6 heteroatoms. The lowest BCUT2D eigenvalue weighted by molar-refractivity contribution is 0.414. The van der Waals surface area contributed by atoms with Crippen LogP contribution in [0.4, 0.5) is 5.69 Å². The summed E-state index contributed by atoms with van der Waals surface area (Å²) in [6, 6.07) is 21.9. The molecule has 2 aromatic heterocycles. The predicted molar refractivity (Wildman–Crippen MR) is 130 cm³/mol. The third kappa shape index (κ3) is 3.76. The molecule has 2 heterocycles. The molecule has 0 spiro atoms. The molecule has 0 N–H and O–H groups in total. The average molecular weight is 439 g/mol. The summed E-state index contributed by atoms with van der Waals surface area (Å²) in [5, 5.41) is 1.52. The van der Waals surface area contributed by atoms with Crippen molar-refractivity contribution in [2.24, 2.45) is 0 Å². The molecule has 0 aliphatic rings. The second-order valence-electron chi connectivity index (χ2n) is 7.98. The Labute approximate surface area is 189 Å². The molecule has 0 bridgehead atoms. The van der Waals surface area contributed by atoms with Gasteiger partial charge in [-0.3, -0.25) is 0 Å². The molecule has 33 heavy (non-hydrogen) atoms. The van der Waals surface area contributed by atoms with Crippen molar-refractivity contribution in [1.29, 1.82) is 0 Å². The maximum absolute atomic E-state index is 12.8. The van der Waals surface area contributed by atoms with Crippen molar-refractivity contribution in [1.82, 2.24) is 0 Å². The van der Waals surface area contributed by atoms with Crippen LogP contribution in [0.2, 0.25) is 0 Å². The summed E-state index contributed by atoms with van der Waals surface area (Å²) >= 11 is 0. The molecule has 164 valence electrons. The van der Waals surface area contributed by atoms with Crippen molar-refractivity contribution in [3.63, 3.8) is 0 Å². The van der Waals surface area contributed by atoms with Gasteiger partial charge in [-0.1, -0.05) is 18.2 Å². The lowest BCUT2D eigenvalue weighted by atomic mass is 9.98. The molecule has 0 amide bonds. The molecule has 0 atom stereocenters. The smallest absolute Gasteiger partial charge is 0.344 e. The Kier molecular flexibility index (Phi) is 4.98. The summed E-state index contributed by atoms with van der Waals surface area (Å²) < 4.78 is 16.2. The quantitative estimate of drug-likeness (QED) is 0.354. The topological polar surface area (TPSA) is 72.9 Å². The third-order valence-corrected chi connectivity index (χ3v) is 5.69. The molecule has 5 rings (SSSR count). The Morgan fingerprint density at radius 3 is 2.21 bits per heavy atom.